The molecule has 6 nitrogen and oxygen atoms in total. The Balaban J connectivity index is 1.54. The molecule has 3 heterocycles. The Morgan fingerprint density at radius 2 is 2.03 bits per heavy atom. The SMILES string of the molecule is COc1ccc(C2NC(C(=O)O)Cc3c2[nH]c2ccccc32)cc1CSc1ccccn1. The summed E-state index contributed by atoms with van der Waals surface area (Å²) in [7, 11) is 1.67. The Bertz CT molecular complexity index is 1270. The van der Waals surface area contributed by atoms with Gasteiger partial charge >= 0.3 is 5.97 Å². The molecule has 0 amide bonds. The van der Waals surface area contributed by atoms with Crippen molar-refractivity contribution in [3.05, 3.63) is 89.2 Å². The number of hydrogen-bond donors (Lipinski definition) is 3. The third-order valence-electron chi connectivity index (χ3n) is 5.86. The highest BCUT2D eigenvalue weighted by Crippen LogP contribution is 2.37. The number of aromatic nitrogens is 2. The van der Waals surface area contributed by atoms with Crippen LogP contribution in [0.15, 0.2) is 71.9 Å². The lowest BCUT2D eigenvalue weighted by molar-refractivity contribution is -0.139. The summed E-state index contributed by atoms with van der Waals surface area (Å²) in [5.74, 6) is 0.660. The fourth-order valence-corrected chi connectivity index (χ4v) is 5.17. The third kappa shape index (κ3) is 3.85. The minimum atomic E-state index is -0.842. The van der Waals surface area contributed by atoms with E-state index in [1.165, 1.54) is 0 Å². The molecule has 1 aliphatic heterocycles. The fourth-order valence-electron chi connectivity index (χ4n) is 4.33. The highest BCUT2D eigenvalue weighted by molar-refractivity contribution is 7.98. The number of hydrogen-bond acceptors (Lipinski definition) is 5. The average Bonchev–Trinajstić information content (AvgIpc) is 3.21. The molecule has 5 rings (SSSR count). The molecule has 3 N–H and O–H groups in total. The van der Waals surface area contributed by atoms with E-state index in [1.54, 1.807) is 25.1 Å². The normalized spacial score (nSPS) is 17.8. The molecular weight excluding hydrogens is 422 g/mol. The minimum absolute atomic E-state index is 0.253. The van der Waals surface area contributed by atoms with Crippen LogP contribution in [0.25, 0.3) is 10.9 Å². The highest BCUT2D eigenvalue weighted by atomic mass is 32.2. The number of methoxy groups -OCH3 is 1. The summed E-state index contributed by atoms with van der Waals surface area (Å²) in [4.78, 5) is 19.8. The third-order valence-corrected chi connectivity index (χ3v) is 6.85. The van der Waals surface area contributed by atoms with Crippen molar-refractivity contribution in [2.75, 3.05) is 7.11 Å². The summed E-state index contributed by atoms with van der Waals surface area (Å²) >= 11 is 1.64. The Kier molecular flexibility index (Phi) is 5.59. The minimum Gasteiger partial charge on any atom is -0.496 e. The van der Waals surface area contributed by atoms with E-state index < -0.39 is 12.0 Å². The lowest BCUT2D eigenvalue weighted by Crippen LogP contribution is -2.45. The van der Waals surface area contributed by atoms with Crippen LogP contribution >= 0.6 is 11.8 Å². The first-order valence-corrected chi connectivity index (χ1v) is 11.4. The number of benzene rings is 2. The zero-order valence-electron chi connectivity index (χ0n) is 17.5. The Labute approximate surface area is 190 Å². The number of nitrogens with zero attached hydrogens (tertiary/aromatic N) is 1. The second kappa shape index (κ2) is 8.68. The molecule has 0 spiro atoms. The van der Waals surface area contributed by atoms with Gasteiger partial charge in [0, 0.05) is 40.5 Å². The zero-order chi connectivity index (χ0) is 22.1. The number of pyridine rings is 1. The molecule has 32 heavy (non-hydrogen) atoms. The van der Waals surface area contributed by atoms with Crippen molar-refractivity contribution in [1.82, 2.24) is 15.3 Å². The number of para-hydroxylation sites is 1. The maximum Gasteiger partial charge on any atom is 0.321 e. The van der Waals surface area contributed by atoms with Crippen LogP contribution in [0.1, 0.15) is 28.4 Å². The number of carboxylic acids is 1. The number of H-pyrrole nitrogens is 1. The number of carboxylic acid groups (broad SMARTS) is 1. The molecule has 0 fully saturated rings. The molecule has 7 heteroatoms. The second-order valence-electron chi connectivity index (χ2n) is 7.79. The molecule has 0 aliphatic carbocycles. The van der Waals surface area contributed by atoms with E-state index in [-0.39, 0.29) is 6.04 Å². The van der Waals surface area contributed by atoms with Gasteiger partial charge in [-0.05, 0) is 41.5 Å². The number of aliphatic carboxylic acids is 1. The Morgan fingerprint density at radius 1 is 1.19 bits per heavy atom. The van der Waals surface area contributed by atoms with Gasteiger partial charge in [0.25, 0.3) is 0 Å². The van der Waals surface area contributed by atoms with E-state index >= 15 is 0 Å². The first-order chi connectivity index (χ1) is 15.6. The first-order valence-electron chi connectivity index (χ1n) is 10.4. The highest BCUT2D eigenvalue weighted by Gasteiger charge is 2.34. The molecule has 1 aliphatic rings. The predicted molar refractivity (Wildman–Crippen MR) is 125 cm³/mol. The number of thioether (sulfide) groups is 1. The van der Waals surface area contributed by atoms with Crippen LogP contribution in [-0.2, 0) is 17.0 Å². The molecule has 4 aromatic rings. The van der Waals surface area contributed by atoms with Crippen LogP contribution in [0.5, 0.6) is 5.75 Å². The molecule has 2 aromatic carbocycles. The molecule has 2 unspecified atom stereocenters. The van der Waals surface area contributed by atoms with Crippen LogP contribution in [0.2, 0.25) is 0 Å². The number of nitrogens with one attached hydrogen (secondary N) is 2. The first kappa shape index (κ1) is 20.6. The van der Waals surface area contributed by atoms with Crippen LogP contribution in [-0.4, -0.2) is 34.2 Å². The van der Waals surface area contributed by atoms with Crippen molar-refractivity contribution in [2.24, 2.45) is 0 Å². The number of rotatable bonds is 6. The van der Waals surface area contributed by atoms with E-state index in [1.807, 2.05) is 48.5 Å². The molecule has 2 aromatic heterocycles. The van der Waals surface area contributed by atoms with Gasteiger partial charge in [0.2, 0.25) is 0 Å². The van der Waals surface area contributed by atoms with Gasteiger partial charge in [0.15, 0.2) is 0 Å². The fraction of sp³-hybridized carbons (Fsp3) is 0.200. The van der Waals surface area contributed by atoms with Gasteiger partial charge < -0.3 is 14.8 Å². The van der Waals surface area contributed by atoms with Crippen molar-refractivity contribution in [1.29, 1.82) is 0 Å². The summed E-state index contributed by atoms with van der Waals surface area (Å²) in [6.45, 7) is 0. The van der Waals surface area contributed by atoms with Crippen LogP contribution in [0, 0.1) is 0 Å². The van der Waals surface area contributed by atoms with Crippen molar-refractivity contribution in [2.45, 2.75) is 29.3 Å². The Morgan fingerprint density at radius 3 is 2.81 bits per heavy atom. The monoisotopic (exact) mass is 445 g/mol. The number of fused-ring (bicyclic) bond motifs is 3. The van der Waals surface area contributed by atoms with Gasteiger partial charge in [-0.25, -0.2) is 4.98 Å². The summed E-state index contributed by atoms with van der Waals surface area (Å²) in [6.07, 6.45) is 2.23. The van der Waals surface area contributed by atoms with E-state index in [0.29, 0.717) is 12.2 Å². The molecule has 0 saturated carbocycles. The maximum absolute atomic E-state index is 11.9. The predicted octanol–water partition coefficient (Wildman–Crippen LogP) is 4.55. The number of aromatic amines is 1. The van der Waals surface area contributed by atoms with Crippen LogP contribution in [0.3, 0.4) is 0 Å². The number of carbonyl (C=O) groups is 1. The van der Waals surface area contributed by atoms with Gasteiger partial charge in [-0.1, -0.05) is 30.3 Å². The van der Waals surface area contributed by atoms with E-state index in [2.05, 4.69) is 27.4 Å². The van der Waals surface area contributed by atoms with E-state index in [9.17, 15) is 9.90 Å². The lowest BCUT2D eigenvalue weighted by atomic mass is 9.90. The van der Waals surface area contributed by atoms with Crippen LogP contribution in [0.4, 0.5) is 0 Å². The second-order valence-corrected chi connectivity index (χ2v) is 8.78. The summed E-state index contributed by atoms with van der Waals surface area (Å²) < 4.78 is 5.60. The quantitative estimate of drug-likeness (QED) is 0.378. The van der Waals surface area contributed by atoms with Crippen molar-refractivity contribution >= 4 is 28.6 Å². The number of ether oxygens (including phenoxy) is 1. The summed E-state index contributed by atoms with van der Waals surface area (Å²) in [6, 6.07) is 19.1. The van der Waals surface area contributed by atoms with E-state index in [4.69, 9.17) is 4.74 Å². The maximum atomic E-state index is 11.9. The molecule has 0 bridgehead atoms. The molecule has 0 saturated heterocycles. The van der Waals surface area contributed by atoms with Gasteiger partial charge in [-0.2, -0.15) is 0 Å². The summed E-state index contributed by atoms with van der Waals surface area (Å²) in [5, 5.41) is 15.1. The topological polar surface area (TPSA) is 87.2 Å². The lowest BCUT2D eigenvalue weighted by Gasteiger charge is -2.30. The van der Waals surface area contributed by atoms with Crippen molar-refractivity contribution in [3.8, 4) is 5.75 Å². The zero-order valence-corrected chi connectivity index (χ0v) is 18.4. The van der Waals surface area contributed by atoms with Gasteiger partial charge in [0.05, 0.1) is 18.2 Å². The standard InChI is InChI=1S/C25H23N3O3S/c1-31-21-10-9-15(12-16(21)14-32-22-8-4-5-11-26-22)23-24-18(13-20(28-23)25(29)30)17-6-2-3-7-19(17)27-24/h2-12,20,23,27-28H,13-14H2,1H3,(H,29,30). The molecule has 0 radical (unpaired) electrons. The smallest absolute Gasteiger partial charge is 0.321 e. The van der Waals surface area contributed by atoms with Gasteiger partial charge in [0.1, 0.15) is 11.8 Å². The van der Waals surface area contributed by atoms with Crippen LogP contribution < -0.4 is 10.1 Å². The van der Waals surface area contributed by atoms with Gasteiger partial charge in [-0.3, -0.25) is 10.1 Å². The van der Waals surface area contributed by atoms with Crippen molar-refractivity contribution < 1.29 is 14.6 Å². The largest absolute Gasteiger partial charge is 0.496 e. The summed E-state index contributed by atoms with van der Waals surface area (Å²) in [5.41, 5.74) is 5.16. The molecular formula is C25H23N3O3S. The molecule has 162 valence electrons. The van der Waals surface area contributed by atoms with E-state index in [0.717, 1.165) is 44.1 Å². The molecule has 2 atom stereocenters. The van der Waals surface area contributed by atoms with Gasteiger partial charge in [-0.15, -0.1) is 11.8 Å². The van der Waals surface area contributed by atoms with Crippen molar-refractivity contribution in [3.63, 3.8) is 0 Å². The Hall–Kier alpha value is -3.29. The average molecular weight is 446 g/mol.